The number of benzene rings is 2. The van der Waals surface area contributed by atoms with Crippen molar-refractivity contribution in [3.63, 3.8) is 0 Å². The molecule has 3 heterocycles. The summed E-state index contributed by atoms with van der Waals surface area (Å²) >= 11 is 0. The molecular weight excluding hydrogens is 450 g/mol. The van der Waals surface area contributed by atoms with Crippen molar-refractivity contribution in [3.05, 3.63) is 72.2 Å². The van der Waals surface area contributed by atoms with Crippen LogP contribution < -0.4 is 15.4 Å². The lowest BCUT2D eigenvalue weighted by molar-refractivity contribution is 0.416. The monoisotopic (exact) mass is 477 g/mol. The molecule has 1 aliphatic heterocycles. The molecule has 0 bridgehead atoms. The number of aryl methyl sites for hydroxylation is 1. The van der Waals surface area contributed by atoms with Crippen LogP contribution in [0.5, 0.6) is 5.75 Å². The van der Waals surface area contributed by atoms with E-state index in [1.54, 1.807) is 43.6 Å². The molecule has 5 rings (SSSR count). The number of methoxy groups -OCH3 is 1. The number of aromatic nitrogens is 3. The minimum atomic E-state index is -3.77. The Labute approximate surface area is 199 Å². The summed E-state index contributed by atoms with van der Waals surface area (Å²) in [4.78, 5) is 11.3. The number of fused-ring (bicyclic) bond motifs is 1. The van der Waals surface area contributed by atoms with Crippen LogP contribution in [0.25, 0.3) is 11.0 Å². The Bertz CT molecular complexity index is 1450. The van der Waals surface area contributed by atoms with E-state index in [1.807, 2.05) is 19.1 Å². The fourth-order valence-corrected chi connectivity index (χ4v) is 5.93. The molecule has 1 aliphatic rings. The van der Waals surface area contributed by atoms with Crippen LogP contribution in [0, 0.1) is 6.92 Å². The second-order valence-electron chi connectivity index (χ2n) is 8.65. The lowest BCUT2D eigenvalue weighted by atomic mass is 9.90. The number of piperidine rings is 1. The van der Waals surface area contributed by atoms with Gasteiger partial charge in [0.2, 0.25) is 0 Å². The summed E-state index contributed by atoms with van der Waals surface area (Å²) in [6.07, 6.45) is 5.03. The molecule has 0 amide bonds. The average molecular weight is 478 g/mol. The van der Waals surface area contributed by atoms with E-state index in [0.717, 1.165) is 42.9 Å². The number of nitrogens with two attached hydrogens (primary N) is 1. The molecule has 34 heavy (non-hydrogen) atoms. The Morgan fingerprint density at radius 2 is 1.88 bits per heavy atom. The summed E-state index contributed by atoms with van der Waals surface area (Å²) in [5, 5.41) is 0.716. The van der Waals surface area contributed by atoms with E-state index in [4.69, 9.17) is 10.5 Å². The first-order valence-electron chi connectivity index (χ1n) is 11.2. The topological polar surface area (TPSA) is 103 Å². The standard InChI is InChI=1S/C25H27N5O3S/c1-17-5-8-20(9-6-17)34(31,32)30-13-11-21-24(27-16-28-25(21)30)29-12-3-4-19(15-29)18-7-10-23(33-2)22(26)14-18/h5-11,13-14,16,19H,3-4,12,15,26H2,1-2H3. The van der Waals surface area contributed by atoms with Gasteiger partial charge in [-0.1, -0.05) is 23.8 Å². The van der Waals surface area contributed by atoms with E-state index in [2.05, 4.69) is 20.9 Å². The smallest absolute Gasteiger partial charge is 0.269 e. The third-order valence-corrected chi connectivity index (χ3v) is 8.13. The fraction of sp³-hybridized carbons (Fsp3) is 0.280. The third-order valence-electron chi connectivity index (χ3n) is 6.45. The van der Waals surface area contributed by atoms with Gasteiger partial charge in [0.25, 0.3) is 10.0 Å². The van der Waals surface area contributed by atoms with Gasteiger partial charge in [0.15, 0.2) is 5.65 Å². The summed E-state index contributed by atoms with van der Waals surface area (Å²) in [6.45, 7) is 3.52. The molecule has 1 saturated heterocycles. The van der Waals surface area contributed by atoms with Crippen molar-refractivity contribution in [1.82, 2.24) is 13.9 Å². The molecule has 176 valence electrons. The van der Waals surface area contributed by atoms with Crippen LogP contribution in [0.3, 0.4) is 0 Å². The minimum Gasteiger partial charge on any atom is -0.495 e. The SMILES string of the molecule is COc1ccc(C2CCCN(c3ncnc4c3ccn4S(=O)(=O)c3ccc(C)cc3)C2)cc1N. The number of nitrogens with zero attached hydrogens (tertiary/aromatic N) is 4. The Balaban J connectivity index is 1.48. The first-order chi connectivity index (χ1) is 16.4. The largest absolute Gasteiger partial charge is 0.495 e. The molecule has 2 N–H and O–H groups in total. The highest BCUT2D eigenvalue weighted by atomic mass is 32.2. The highest BCUT2D eigenvalue weighted by Crippen LogP contribution is 2.35. The Kier molecular flexibility index (Phi) is 5.65. The number of rotatable bonds is 5. The molecule has 2 aromatic heterocycles. The molecule has 8 nitrogen and oxygen atoms in total. The number of ether oxygens (including phenoxy) is 1. The number of hydrogen-bond acceptors (Lipinski definition) is 7. The van der Waals surface area contributed by atoms with Gasteiger partial charge >= 0.3 is 0 Å². The van der Waals surface area contributed by atoms with E-state index in [1.165, 1.54) is 10.3 Å². The molecule has 0 saturated carbocycles. The molecule has 0 aliphatic carbocycles. The zero-order valence-electron chi connectivity index (χ0n) is 19.2. The van der Waals surface area contributed by atoms with Gasteiger partial charge in [0.05, 0.1) is 23.1 Å². The van der Waals surface area contributed by atoms with Crippen LogP contribution in [0.2, 0.25) is 0 Å². The Hall–Kier alpha value is -3.59. The maximum atomic E-state index is 13.3. The Morgan fingerprint density at radius 1 is 1.09 bits per heavy atom. The van der Waals surface area contributed by atoms with E-state index in [-0.39, 0.29) is 10.8 Å². The Morgan fingerprint density at radius 3 is 2.62 bits per heavy atom. The number of hydrogen-bond donors (Lipinski definition) is 1. The van der Waals surface area contributed by atoms with Crippen LogP contribution in [-0.4, -0.2) is 42.6 Å². The van der Waals surface area contributed by atoms with Crippen molar-refractivity contribution < 1.29 is 13.2 Å². The van der Waals surface area contributed by atoms with Crippen LogP contribution >= 0.6 is 0 Å². The first-order valence-corrected chi connectivity index (χ1v) is 12.6. The van der Waals surface area contributed by atoms with Gasteiger partial charge in [-0.2, -0.15) is 0 Å². The average Bonchev–Trinajstić information content (AvgIpc) is 3.30. The second-order valence-corrected chi connectivity index (χ2v) is 10.5. The van der Waals surface area contributed by atoms with Gasteiger partial charge in [-0.15, -0.1) is 0 Å². The quantitative estimate of drug-likeness (QED) is 0.434. The normalized spacial score (nSPS) is 16.6. The summed E-state index contributed by atoms with van der Waals surface area (Å²) in [5.41, 5.74) is 9.30. The van der Waals surface area contributed by atoms with Gasteiger partial charge in [0, 0.05) is 25.2 Å². The summed E-state index contributed by atoms with van der Waals surface area (Å²) in [6, 6.07) is 14.5. The minimum absolute atomic E-state index is 0.228. The van der Waals surface area contributed by atoms with Crippen LogP contribution in [-0.2, 0) is 10.0 Å². The maximum Gasteiger partial charge on any atom is 0.269 e. The van der Waals surface area contributed by atoms with E-state index in [9.17, 15) is 8.42 Å². The first kappa shape index (κ1) is 22.2. The molecule has 1 fully saturated rings. The zero-order chi connectivity index (χ0) is 23.9. The summed E-state index contributed by atoms with van der Waals surface area (Å²) < 4.78 is 33.1. The molecular formula is C25H27N5O3S. The molecule has 4 aromatic rings. The molecule has 9 heteroatoms. The fourth-order valence-electron chi connectivity index (χ4n) is 4.63. The summed E-state index contributed by atoms with van der Waals surface area (Å²) in [7, 11) is -2.16. The molecule has 1 atom stereocenters. The highest BCUT2D eigenvalue weighted by Gasteiger charge is 2.26. The van der Waals surface area contributed by atoms with Crippen molar-refractivity contribution in [2.24, 2.45) is 0 Å². The van der Waals surface area contributed by atoms with Gasteiger partial charge in [0.1, 0.15) is 17.9 Å². The van der Waals surface area contributed by atoms with E-state index >= 15 is 0 Å². The van der Waals surface area contributed by atoms with Gasteiger partial charge in [-0.25, -0.2) is 22.4 Å². The molecule has 1 unspecified atom stereocenters. The third kappa shape index (κ3) is 3.86. The maximum absolute atomic E-state index is 13.3. The van der Waals surface area contributed by atoms with Gasteiger partial charge in [-0.05, 0) is 55.7 Å². The van der Waals surface area contributed by atoms with Crippen molar-refractivity contribution in [3.8, 4) is 5.75 Å². The number of anilines is 2. The van der Waals surface area contributed by atoms with Crippen LogP contribution in [0.4, 0.5) is 11.5 Å². The molecule has 0 spiro atoms. The lowest BCUT2D eigenvalue weighted by Gasteiger charge is -2.34. The van der Waals surface area contributed by atoms with Crippen LogP contribution in [0.1, 0.15) is 29.9 Å². The van der Waals surface area contributed by atoms with Crippen LogP contribution in [0.15, 0.2) is 66.0 Å². The molecule has 2 aromatic carbocycles. The zero-order valence-corrected chi connectivity index (χ0v) is 20.0. The van der Waals surface area contributed by atoms with E-state index in [0.29, 0.717) is 22.5 Å². The predicted molar refractivity (Wildman–Crippen MR) is 133 cm³/mol. The van der Waals surface area contributed by atoms with Crippen molar-refractivity contribution in [2.75, 3.05) is 30.8 Å². The van der Waals surface area contributed by atoms with Gasteiger partial charge < -0.3 is 15.4 Å². The number of nitrogen functional groups attached to an aromatic ring is 1. The predicted octanol–water partition coefficient (Wildman–Crippen LogP) is 3.95. The van der Waals surface area contributed by atoms with E-state index < -0.39 is 10.0 Å². The lowest BCUT2D eigenvalue weighted by Crippen LogP contribution is -2.35. The van der Waals surface area contributed by atoms with Gasteiger partial charge in [-0.3, -0.25) is 0 Å². The second kappa shape index (κ2) is 8.64. The van der Waals surface area contributed by atoms with Crippen molar-refractivity contribution >= 4 is 32.6 Å². The summed E-state index contributed by atoms with van der Waals surface area (Å²) in [5.74, 6) is 1.70. The van der Waals surface area contributed by atoms with Crippen molar-refractivity contribution in [1.29, 1.82) is 0 Å². The molecule has 0 radical (unpaired) electrons. The van der Waals surface area contributed by atoms with Crippen molar-refractivity contribution in [2.45, 2.75) is 30.6 Å². The highest BCUT2D eigenvalue weighted by molar-refractivity contribution is 7.90.